The molecule has 1 saturated heterocycles. The number of anilines is 1. The molecule has 0 unspecified atom stereocenters. The lowest BCUT2D eigenvalue weighted by atomic mass is 10.1. The number of amides is 2. The summed E-state index contributed by atoms with van der Waals surface area (Å²) in [5, 5.41) is 2.77. The molecule has 3 aromatic rings. The molecule has 1 aliphatic rings. The molecule has 8 heteroatoms. The summed E-state index contributed by atoms with van der Waals surface area (Å²) in [6, 6.07) is 18.0. The summed E-state index contributed by atoms with van der Waals surface area (Å²) >= 11 is 0. The number of pyridine rings is 1. The Bertz CT molecular complexity index is 1100. The number of benzene rings is 2. The van der Waals surface area contributed by atoms with Gasteiger partial charge < -0.3 is 19.7 Å². The van der Waals surface area contributed by atoms with Crippen molar-refractivity contribution in [1.29, 1.82) is 0 Å². The Kier molecular flexibility index (Phi) is 7.72. The lowest BCUT2D eigenvalue weighted by molar-refractivity contribution is -0.118. The molecular formula is C26H28N4O4. The molecule has 4 rings (SSSR count). The lowest BCUT2D eigenvalue weighted by Crippen LogP contribution is -2.48. The van der Waals surface area contributed by atoms with Crippen molar-refractivity contribution in [3.8, 4) is 11.5 Å². The number of carbonyl (C=O) groups is 2. The van der Waals surface area contributed by atoms with Gasteiger partial charge in [0.05, 0.1) is 7.11 Å². The van der Waals surface area contributed by atoms with Gasteiger partial charge in [0, 0.05) is 62.4 Å². The Balaban J connectivity index is 1.23. The summed E-state index contributed by atoms with van der Waals surface area (Å²) in [4.78, 5) is 33.4. The molecule has 0 spiro atoms. The largest absolute Gasteiger partial charge is 0.497 e. The first kappa shape index (κ1) is 23.3. The summed E-state index contributed by atoms with van der Waals surface area (Å²) in [5.41, 5.74) is 2.42. The van der Waals surface area contributed by atoms with Gasteiger partial charge >= 0.3 is 0 Å². The van der Waals surface area contributed by atoms with Crippen molar-refractivity contribution in [1.82, 2.24) is 14.8 Å². The van der Waals surface area contributed by atoms with Crippen LogP contribution in [0.15, 0.2) is 73.1 Å². The average Bonchev–Trinajstić information content (AvgIpc) is 2.88. The van der Waals surface area contributed by atoms with E-state index in [1.54, 1.807) is 61.8 Å². The monoisotopic (exact) mass is 460 g/mol. The highest BCUT2D eigenvalue weighted by atomic mass is 16.5. The van der Waals surface area contributed by atoms with E-state index in [0.29, 0.717) is 35.8 Å². The quantitative estimate of drug-likeness (QED) is 0.556. The van der Waals surface area contributed by atoms with Gasteiger partial charge in [-0.1, -0.05) is 12.1 Å². The maximum absolute atomic E-state index is 12.9. The van der Waals surface area contributed by atoms with Crippen LogP contribution in [0.2, 0.25) is 0 Å². The number of ether oxygens (including phenoxy) is 2. The summed E-state index contributed by atoms with van der Waals surface area (Å²) in [7, 11) is 1.57. The van der Waals surface area contributed by atoms with E-state index in [-0.39, 0.29) is 18.4 Å². The highest BCUT2D eigenvalue weighted by Crippen LogP contribution is 2.18. The molecule has 0 aliphatic carbocycles. The van der Waals surface area contributed by atoms with Crippen LogP contribution in [-0.2, 0) is 11.3 Å². The fraction of sp³-hybridized carbons (Fsp3) is 0.269. The molecule has 34 heavy (non-hydrogen) atoms. The van der Waals surface area contributed by atoms with Crippen molar-refractivity contribution < 1.29 is 19.1 Å². The molecule has 1 aromatic heterocycles. The van der Waals surface area contributed by atoms with Crippen molar-refractivity contribution in [2.75, 3.05) is 45.2 Å². The third-order valence-corrected chi connectivity index (χ3v) is 5.61. The van der Waals surface area contributed by atoms with Gasteiger partial charge in [0.2, 0.25) is 0 Å². The van der Waals surface area contributed by atoms with Gasteiger partial charge in [-0.25, -0.2) is 0 Å². The second-order valence-electron chi connectivity index (χ2n) is 8.02. The number of aromatic nitrogens is 1. The smallest absolute Gasteiger partial charge is 0.262 e. The van der Waals surface area contributed by atoms with Crippen LogP contribution < -0.4 is 14.8 Å². The molecule has 2 heterocycles. The zero-order chi connectivity index (χ0) is 23.8. The lowest BCUT2D eigenvalue weighted by Gasteiger charge is -2.34. The Morgan fingerprint density at radius 3 is 2.47 bits per heavy atom. The number of nitrogens with one attached hydrogen (secondary N) is 1. The van der Waals surface area contributed by atoms with Crippen molar-refractivity contribution in [2.45, 2.75) is 6.54 Å². The molecule has 1 fully saturated rings. The molecule has 0 radical (unpaired) electrons. The van der Waals surface area contributed by atoms with E-state index in [1.807, 2.05) is 17.2 Å². The number of methoxy groups -OCH3 is 1. The maximum Gasteiger partial charge on any atom is 0.262 e. The molecule has 0 saturated carbocycles. The van der Waals surface area contributed by atoms with E-state index in [1.165, 1.54) is 5.56 Å². The van der Waals surface area contributed by atoms with E-state index in [2.05, 4.69) is 21.3 Å². The fourth-order valence-electron chi connectivity index (χ4n) is 3.78. The average molecular weight is 461 g/mol. The topological polar surface area (TPSA) is 84.0 Å². The van der Waals surface area contributed by atoms with Crippen LogP contribution in [0.3, 0.4) is 0 Å². The van der Waals surface area contributed by atoms with Crippen LogP contribution in [0.4, 0.5) is 5.69 Å². The van der Waals surface area contributed by atoms with Crippen molar-refractivity contribution in [3.63, 3.8) is 0 Å². The number of hydrogen-bond acceptors (Lipinski definition) is 6. The minimum absolute atomic E-state index is 0.00310. The molecule has 1 N–H and O–H groups in total. The molecular weight excluding hydrogens is 432 g/mol. The first-order valence-electron chi connectivity index (χ1n) is 11.2. The number of rotatable bonds is 8. The fourth-order valence-corrected chi connectivity index (χ4v) is 3.78. The number of nitrogens with zero attached hydrogens (tertiary/aromatic N) is 3. The molecule has 0 atom stereocenters. The minimum Gasteiger partial charge on any atom is -0.497 e. The van der Waals surface area contributed by atoms with E-state index in [4.69, 9.17) is 9.47 Å². The Morgan fingerprint density at radius 2 is 1.76 bits per heavy atom. The third kappa shape index (κ3) is 6.32. The molecule has 2 aromatic carbocycles. The summed E-state index contributed by atoms with van der Waals surface area (Å²) < 4.78 is 10.7. The zero-order valence-corrected chi connectivity index (χ0v) is 19.1. The number of hydrogen-bond donors (Lipinski definition) is 1. The Morgan fingerprint density at radius 1 is 0.971 bits per heavy atom. The molecule has 2 amide bonds. The number of piperazine rings is 1. The third-order valence-electron chi connectivity index (χ3n) is 5.61. The number of carbonyl (C=O) groups excluding carboxylic acids is 2. The highest BCUT2D eigenvalue weighted by Gasteiger charge is 2.22. The van der Waals surface area contributed by atoms with Crippen molar-refractivity contribution >= 4 is 17.5 Å². The Labute approximate surface area is 199 Å². The molecule has 8 nitrogen and oxygen atoms in total. The maximum atomic E-state index is 12.9. The highest BCUT2D eigenvalue weighted by molar-refractivity contribution is 5.94. The minimum atomic E-state index is -0.280. The second kappa shape index (κ2) is 11.3. The van der Waals surface area contributed by atoms with E-state index in [0.717, 1.165) is 19.6 Å². The van der Waals surface area contributed by atoms with E-state index >= 15 is 0 Å². The van der Waals surface area contributed by atoms with Crippen LogP contribution in [0, 0.1) is 0 Å². The van der Waals surface area contributed by atoms with Crippen LogP contribution in [0.5, 0.6) is 11.5 Å². The van der Waals surface area contributed by atoms with Crippen LogP contribution in [0.1, 0.15) is 15.9 Å². The molecule has 176 valence electrons. The van der Waals surface area contributed by atoms with E-state index in [9.17, 15) is 9.59 Å². The van der Waals surface area contributed by atoms with Gasteiger partial charge in [-0.3, -0.25) is 19.5 Å². The van der Waals surface area contributed by atoms with Gasteiger partial charge in [0.25, 0.3) is 11.8 Å². The SMILES string of the molecule is COc1cccc(NC(=O)COc2ccc(C(=O)N3CCN(Cc4cccnc4)CC3)cc2)c1. The second-order valence-corrected chi connectivity index (χ2v) is 8.02. The first-order valence-corrected chi connectivity index (χ1v) is 11.2. The van der Waals surface area contributed by atoms with Gasteiger partial charge in [0.15, 0.2) is 6.61 Å². The van der Waals surface area contributed by atoms with Crippen LogP contribution in [0.25, 0.3) is 0 Å². The predicted octanol–water partition coefficient (Wildman–Crippen LogP) is 3.07. The van der Waals surface area contributed by atoms with Gasteiger partial charge in [-0.15, -0.1) is 0 Å². The zero-order valence-electron chi connectivity index (χ0n) is 19.1. The normalized spacial score (nSPS) is 13.9. The van der Waals surface area contributed by atoms with Gasteiger partial charge in [-0.2, -0.15) is 0 Å². The van der Waals surface area contributed by atoms with Crippen molar-refractivity contribution in [2.24, 2.45) is 0 Å². The first-order chi connectivity index (χ1) is 16.6. The summed E-state index contributed by atoms with van der Waals surface area (Å²) in [5.74, 6) is 0.911. The van der Waals surface area contributed by atoms with Crippen LogP contribution in [-0.4, -0.2) is 66.5 Å². The molecule has 0 bridgehead atoms. The summed E-state index contributed by atoms with van der Waals surface area (Å²) in [6.07, 6.45) is 3.65. The standard InChI is InChI=1S/C26H28N4O4/c1-33-24-6-2-5-22(16-24)28-25(31)19-34-23-9-7-21(8-10-23)26(32)30-14-12-29(13-15-30)18-20-4-3-11-27-17-20/h2-11,16-17H,12-15,18-19H2,1H3,(H,28,31). The van der Waals surface area contributed by atoms with Gasteiger partial charge in [0.1, 0.15) is 11.5 Å². The van der Waals surface area contributed by atoms with Crippen molar-refractivity contribution in [3.05, 3.63) is 84.2 Å². The summed E-state index contributed by atoms with van der Waals surface area (Å²) in [6.45, 7) is 3.72. The Hall–Kier alpha value is -3.91. The molecule has 1 aliphatic heterocycles. The van der Waals surface area contributed by atoms with Crippen LogP contribution >= 0.6 is 0 Å². The van der Waals surface area contributed by atoms with Gasteiger partial charge in [-0.05, 0) is 48.0 Å². The predicted molar refractivity (Wildman–Crippen MR) is 129 cm³/mol. The van der Waals surface area contributed by atoms with E-state index < -0.39 is 0 Å².